The lowest BCUT2D eigenvalue weighted by atomic mass is 10.1. The van der Waals surface area contributed by atoms with Crippen molar-refractivity contribution in [1.82, 2.24) is 0 Å². The average molecular weight is 422 g/mol. The molecule has 12 nitrogen and oxygen atoms in total. The van der Waals surface area contributed by atoms with E-state index in [4.69, 9.17) is 15.3 Å². The van der Waals surface area contributed by atoms with Crippen molar-refractivity contribution in [1.29, 1.82) is 10.5 Å². The summed E-state index contributed by atoms with van der Waals surface area (Å²) in [6, 6.07) is 2.67. The highest BCUT2D eigenvalue weighted by Gasteiger charge is 2.33. The molecule has 0 saturated carbocycles. The number of ether oxygens (including phenoxy) is 4. The Labute approximate surface area is 170 Å². The lowest BCUT2D eigenvalue weighted by molar-refractivity contribution is -0.159. The van der Waals surface area contributed by atoms with Crippen molar-refractivity contribution in [3.8, 4) is 12.1 Å². The van der Waals surface area contributed by atoms with E-state index in [-0.39, 0.29) is 19.6 Å². The summed E-state index contributed by atoms with van der Waals surface area (Å²) < 4.78 is 17.8. The van der Waals surface area contributed by atoms with E-state index in [0.29, 0.717) is 5.57 Å². The first kappa shape index (κ1) is 25.8. The van der Waals surface area contributed by atoms with Crippen molar-refractivity contribution in [3.05, 3.63) is 23.0 Å². The summed E-state index contributed by atoms with van der Waals surface area (Å²) in [6.45, 7) is 0.928. The number of carbonyl (C=O) groups is 5. The lowest BCUT2D eigenvalue weighted by Gasteiger charge is -2.07. The van der Waals surface area contributed by atoms with E-state index >= 15 is 0 Å². The van der Waals surface area contributed by atoms with Gasteiger partial charge in [-0.2, -0.15) is 10.5 Å². The highest BCUT2D eigenvalue weighted by atomic mass is 16.5. The van der Waals surface area contributed by atoms with Crippen LogP contribution < -0.4 is 0 Å². The molecule has 0 fully saturated rings. The first-order chi connectivity index (χ1) is 14.1. The fourth-order valence-electron chi connectivity index (χ4n) is 1.69. The number of hydrogen-bond donors (Lipinski definition) is 1. The number of nitrogens with zero attached hydrogens (tertiary/aromatic N) is 2. The number of hydrogen-bond acceptors (Lipinski definition) is 12. The topological polar surface area (TPSA) is 190 Å². The van der Waals surface area contributed by atoms with Gasteiger partial charge in [0.15, 0.2) is 5.57 Å². The summed E-state index contributed by atoms with van der Waals surface area (Å²) in [5, 5.41) is 27.0. The number of esters is 4. The van der Waals surface area contributed by atoms with Crippen LogP contribution in [0.1, 0.15) is 13.3 Å². The molecule has 0 aromatic carbocycles. The summed E-state index contributed by atoms with van der Waals surface area (Å²) in [7, 11) is 1.90. The molecule has 1 atom stereocenters. The Kier molecular flexibility index (Phi) is 11.2. The molecule has 0 bridgehead atoms. The fraction of sp³-hybridized carbons (Fsp3) is 0.389. The van der Waals surface area contributed by atoms with Gasteiger partial charge >= 0.3 is 23.9 Å². The van der Waals surface area contributed by atoms with Crippen molar-refractivity contribution in [3.63, 3.8) is 0 Å². The normalized spacial score (nSPS) is 12.2. The van der Waals surface area contributed by atoms with Crippen LogP contribution in [0.2, 0.25) is 0 Å². The zero-order valence-electron chi connectivity index (χ0n) is 16.3. The molecule has 160 valence electrons. The smallest absolute Gasteiger partial charge is 0.377 e. The third-order valence-electron chi connectivity index (χ3n) is 3.24. The number of ketones is 1. The molecule has 0 aliphatic heterocycles. The molecular formula is C18H18N2O10. The summed E-state index contributed by atoms with van der Waals surface area (Å²) in [5.41, 5.74) is -0.486. The highest BCUT2D eigenvalue weighted by molar-refractivity contribution is 6.38. The van der Waals surface area contributed by atoms with Crippen molar-refractivity contribution < 1.29 is 48.0 Å². The minimum atomic E-state index is -1.92. The molecule has 0 rings (SSSR count). The van der Waals surface area contributed by atoms with E-state index in [9.17, 15) is 29.1 Å². The molecule has 0 amide bonds. The van der Waals surface area contributed by atoms with Crippen LogP contribution in [-0.2, 0) is 42.9 Å². The van der Waals surface area contributed by atoms with Gasteiger partial charge in [-0.1, -0.05) is 6.08 Å². The van der Waals surface area contributed by atoms with Gasteiger partial charge in [0.2, 0.25) is 11.7 Å². The molecule has 1 unspecified atom stereocenters. The minimum Gasteiger partial charge on any atom is -0.501 e. The van der Waals surface area contributed by atoms with Crippen LogP contribution in [0.4, 0.5) is 0 Å². The molecule has 0 aliphatic rings. The van der Waals surface area contributed by atoms with Gasteiger partial charge < -0.3 is 24.1 Å². The van der Waals surface area contributed by atoms with Crippen molar-refractivity contribution in [2.24, 2.45) is 5.92 Å². The molecule has 30 heavy (non-hydrogen) atoms. The Morgan fingerprint density at radius 3 is 2.13 bits per heavy atom. The Hall–Kier alpha value is -4.19. The third kappa shape index (κ3) is 7.82. The third-order valence-corrected chi connectivity index (χ3v) is 3.24. The maximum absolute atomic E-state index is 11.7. The molecule has 0 heterocycles. The van der Waals surface area contributed by atoms with Gasteiger partial charge in [-0.05, 0) is 18.9 Å². The number of Topliss-reactive ketones (excluding diaryl/α,β-unsaturated/α-hetero) is 1. The molecule has 0 saturated heterocycles. The van der Waals surface area contributed by atoms with Crippen LogP contribution in [-0.4, -0.2) is 62.2 Å². The quantitative estimate of drug-likeness (QED) is 0.0562. The van der Waals surface area contributed by atoms with E-state index in [1.807, 2.05) is 0 Å². The summed E-state index contributed by atoms with van der Waals surface area (Å²) >= 11 is 0. The highest BCUT2D eigenvalue weighted by Crippen LogP contribution is 2.07. The van der Waals surface area contributed by atoms with E-state index in [2.05, 4.69) is 14.2 Å². The summed E-state index contributed by atoms with van der Waals surface area (Å²) in [5.74, 6) is -9.57. The molecule has 0 aromatic rings. The number of aliphatic hydroxyl groups is 1. The molecule has 12 heteroatoms. The Bertz CT molecular complexity index is 857. The number of aliphatic hydroxyl groups excluding tert-OH is 1. The second kappa shape index (κ2) is 13.1. The number of nitriles is 2. The van der Waals surface area contributed by atoms with Gasteiger partial charge in [0, 0.05) is 0 Å². The van der Waals surface area contributed by atoms with Gasteiger partial charge in [-0.15, -0.1) is 0 Å². The summed E-state index contributed by atoms with van der Waals surface area (Å²) in [4.78, 5) is 57.3. The van der Waals surface area contributed by atoms with E-state index in [1.54, 1.807) is 0 Å². The Morgan fingerprint density at radius 1 is 1.00 bits per heavy atom. The second-order valence-electron chi connectivity index (χ2n) is 5.33. The van der Waals surface area contributed by atoms with Crippen LogP contribution in [0.3, 0.4) is 0 Å². The zero-order chi connectivity index (χ0) is 23.3. The van der Waals surface area contributed by atoms with Gasteiger partial charge in [0.05, 0.1) is 26.9 Å². The minimum absolute atomic E-state index is 0.101. The fourth-order valence-corrected chi connectivity index (χ4v) is 1.69. The maximum Gasteiger partial charge on any atom is 0.377 e. The predicted molar refractivity (Wildman–Crippen MR) is 93.7 cm³/mol. The Balaban J connectivity index is 4.64. The van der Waals surface area contributed by atoms with Crippen molar-refractivity contribution in [2.45, 2.75) is 13.3 Å². The molecule has 0 spiro atoms. The van der Waals surface area contributed by atoms with Crippen LogP contribution in [0, 0.1) is 28.6 Å². The predicted octanol–water partition coefficient (Wildman–Crippen LogP) is -0.200. The van der Waals surface area contributed by atoms with Crippen LogP contribution in [0.5, 0.6) is 0 Å². The largest absolute Gasteiger partial charge is 0.501 e. The van der Waals surface area contributed by atoms with Gasteiger partial charge in [-0.25, -0.2) is 14.4 Å². The zero-order valence-corrected chi connectivity index (χ0v) is 16.3. The number of rotatable bonds is 10. The molecular weight excluding hydrogens is 404 g/mol. The van der Waals surface area contributed by atoms with Gasteiger partial charge in [-0.3, -0.25) is 9.59 Å². The second-order valence-corrected chi connectivity index (χ2v) is 5.33. The molecule has 0 aliphatic carbocycles. The van der Waals surface area contributed by atoms with E-state index in [0.717, 1.165) is 14.2 Å². The van der Waals surface area contributed by atoms with E-state index < -0.39 is 46.9 Å². The molecule has 1 N–H and O–H groups in total. The number of carbonyl (C=O) groups excluding carboxylic acids is 5. The van der Waals surface area contributed by atoms with Gasteiger partial charge in [0.1, 0.15) is 12.7 Å². The van der Waals surface area contributed by atoms with Crippen molar-refractivity contribution >= 4 is 29.7 Å². The monoisotopic (exact) mass is 422 g/mol. The summed E-state index contributed by atoms with van der Waals surface area (Å²) in [6.07, 6.45) is 1.58. The average Bonchev–Trinajstić information content (AvgIpc) is 2.74. The lowest BCUT2D eigenvalue weighted by Crippen LogP contribution is -2.31. The maximum atomic E-state index is 11.7. The first-order valence-corrected chi connectivity index (χ1v) is 8.07. The van der Waals surface area contributed by atoms with E-state index in [1.165, 1.54) is 25.1 Å². The Morgan fingerprint density at radius 2 is 1.63 bits per heavy atom. The van der Waals surface area contributed by atoms with Crippen LogP contribution in [0.15, 0.2) is 23.0 Å². The standard InChI is InChI=1S/C18H18N2O10/c1-10(9-30-18(26)14(22)11(7-19)15(23)27-2)5-4-6-29-16(24)12(8-20)13(21)17(25)28-3/h5,11,21H,4,6,9H2,1-3H3/b10-5+,13-12-. The first-order valence-electron chi connectivity index (χ1n) is 8.07. The van der Waals surface area contributed by atoms with Crippen molar-refractivity contribution in [2.75, 3.05) is 27.4 Å². The number of methoxy groups -OCH3 is 2. The molecule has 0 aromatic heterocycles. The van der Waals surface area contributed by atoms with Gasteiger partial charge in [0.25, 0.3) is 5.78 Å². The van der Waals surface area contributed by atoms with Crippen LogP contribution in [0.25, 0.3) is 0 Å². The van der Waals surface area contributed by atoms with Crippen LogP contribution >= 0.6 is 0 Å². The SMILES string of the molecule is COC(=O)/C(O)=C(\C#N)C(=O)OCC/C=C(\C)COC(=O)C(=O)C(C#N)C(=O)OC. The molecule has 0 radical (unpaired) electrons.